The van der Waals surface area contributed by atoms with Crippen molar-refractivity contribution in [3.05, 3.63) is 157 Å². The quantitative estimate of drug-likeness (QED) is 0.137. The van der Waals surface area contributed by atoms with E-state index in [1.165, 1.54) is 97.7 Å². The van der Waals surface area contributed by atoms with Crippen LogP contribution in [0.25, 0.3) is 65.3 Å². The van der Waals surface area contributed by atoms with Crippen LogP contribution in [-0.2, 0) is 34.1 Å². The van der Waals surface area contributed by atoms with Crippen molar-refractivity contribution in [1.82, 2.24) is 0 Å². The maximum atomic E-state index is 2.40. The fourth-order valence-corrected chi connectivity index (χ4v) is 6.65. The smallest absolute Gasteiger partial charge is 1.00 e. The number of halogens is 2. The van der Waals surface area contributed by atoms with Gasteiger partial charge in [-0.15, -0.1) is 92.3 Å². The molecule has 0 aliphatic carbocycles. The van der Waals surface area contributed by atoms with Gasteiger partial charge in [0.05, 0.1) is 0 Å². The molecular formula is C44H40Cl2GeHf-2. The molecule has 8 aromatic carbocycles. The van der Waals surface area contributed by atoms with Crippen LogP contribution in [0.5, 0.6) is 0 Å². The topological polar surface area (TPSA) is 0 Å². The number of aryl methyl sites for hydroxylation is 2. The van der Waals surface area contributed by atoms with Crippen LogP contribution in [-0.4, -0.2) is 10.1 Å². The predicted octanol–water partition coefficient (Wildman–Crippen LogP) is 6.67. The van der Waals surface area contributed by atoms with Gasteiger partial charge in [0.15, 0.2) is 0 Å². The summed E-state index contributed by atoms with van der Waals surface area (Å²) >= 11 is 1.52. The molecule has 0 fully saturated rings. The third kappa shape index (κ3) is 8.08. The van der Waals surface area contributed by atoms with E-state index in [1.54, 1.807) is 0 Å². The maximum Gasteiger partial charge on any atom is -1.00 e. The van der Waals surface area contributed by atoms with E-state index in [2.05, 4.69) is 171 Å². The molecule has 0 aliphatic rings. The van der Waals surface area contributed by atoms with Gasteiger partial charge < -0.3 is 24.8 Å². The van der Waals surface area contributed by atoms with Gasteiger partial charge in [-0.2, -0.15) is 0 Å². The second-order valence-corrected chi connectivity index (χ2v) is 34.9. The molecule has 0 N–H and O–H groups in total. The molecule has 4 heteroatoms. The third-order valence-electron chi connectivity index (χ3n) is 8.64. The minimum Gasteiger partial charge on any atom is -1.00 e. The van der Waals surface area contributed by atoms with E-state index in [0.717, 1.165) is 12.8 Å². The molecule has 0 aliphatic heterocycles. The Morgan fingerprint density at radius 1 is 0.458 bits per heavy atom. The molecule has 240 valence electrons. The second kappa shape index (κ2) is 17.6. The molecule has 0 atom stereocenters. The monoisotopic (exact) mass is 892 g/mol. The molecule has 0 spiro atoms. The Hall–Kier alpha value is -2.95. The van der Waals surface area contributed by atoms with Crippen LogP contribution >= 0.6 is 0 Å². The van der Waals surface area contributed by atoms with Crippen molar-refractivity contribution in [2.24, 2.45) is 0 Å². The molecule has 8 rings (SSSR count). The standard InChI is InChI=1S/2C21H17.C2H6Ge.2ClH.Hf/c2*1-2-15-14-17-9-4-6-12-19(17)21(15)20-13-7-10-16-8-3-5-11-18(16)20;1-3-2;;;/h2*3-14H,2H2,1H3;1-2H3;2*1H;/q2*-1;;;;+2/p-2. The molecule has 8 aromatic rings. The van der Waals surface area contributed by atoms with Crippen LogP contribution in [0, 0.1) is 0 Å². The largest absolute Gasteiger partial charge is 1.00 e. The van der Waals surface area contributed by atoms with Crippen LogP contribution < -0.4 is 24.8 Å². The number of benzene rings is 6. The molecule has 0 amide bonds. The summed E-state index contributed by atoms with van der Waals surface area (Å²) in [7, 11) is -0.194. The minimum atomic E-state index is -0.194. The van der Waals surface area contributed by atoms with Crippen molar-refractivity contribution < 1.29 is 46.1 Å². The summed E-state index contributed by atoms with van der Waals surface area (Å²) in [6.07, 6.45) is 2.13. The van der Waals surface area contributed by atoms with Crippen molar-refractivity contribution in [2.75, 3.05) is 0 Å². The first-order valence-corrected chi connectivity index (χ1v) is 30.9. The first-order valence-electron chi connectivity index (χ1n) is 16.3. The van der Waals surface area contributed by atoms with Gasteiger partial charge in [-0.1, -0.05) is 122 Å². The van der Waals surface area contributed by atoms with E-state index < -0.39 is 0 Å². The van der Waals surface area contributed by atoms with Gasteiger partial charge in [0.1, 0.15) is 0 Å². The number of fused-ring (bicyclic) bond motifs is 4. The van der Waals surface area contributed by atoms with E-state index in [1.807, 2.05) is 0 Å². The third-order valence-corrected chi connectivity index (χ3v) is 8.64. The fourth-order valence-electron chi connectivity index (χ4n) is 6.65. The Kier molecular flexibility index (Phi) is 13.9. The minimum absolute atomic E-state index is 0. The molecule has 0 saturated carbocycles. The van der Waals surface area contributed by atoms with E-state index in [-0.39, 0.29) is 34.9 Å². The van der Waals surface area contributed by atoms with Crippen LogP contribution in [0.1, 0.15) is 25.0 Å². The molecule has 0 bridgehead atoms. The van der Waals surface area contributed by atoms with E-state index in [4.69, 9.17) is 0 Å². The summed E-state index contributed by atoms with van der Waals surface area (Å²) in [6, 6.07) is 52.6. The average molecular weight is 891 g/mol. The summed E-state index contributed by atoms with van der Waals surface area (Å²) in [5.41, 5.74) is 8.40. The number of hydrogen-bond donors (Lipinski definition) is 0. The molecule has 0 heterocycles. The Labute approximate surface area is 313 Å². The van der Waals surface area contributed by atoms with Gasteiger partial charge in [0.25, 0.3) is 0 Å². The summed E-state index contributed by atoms with van der Waals surface area (Å²) in [6.45, 7) is 4.48. The Morgan fingerprint density at radius 2 is 0.771 bits per heavy atom. The van der Waals surface area contributed by atoms with Crippen LogP contribution in [0.4, 0.5) is 0 Å². The zero-order valence-electron chi connectivity index (χ0n) is 28.0. The Balaban J connectivity index is 0.000000188. The Morgan fingerprint density at radius 3 is 1.15 bits per heavy atom. The van der Waals surface area contributed by atoms with Crippen molar-refractivity contribution in [3.8, 4) is 22.3 Å². The van der Waals surface area contributed by atoms with E-state index in [9.17, 15) is 0 Å². The van der Waals surface area contributed by atoms with Gasteiger partial charge in [-0.3, -0.25) is 0 Å². The van der Waals surface area contributed by atoms with Gasteiger partial charge >= 0.3 is 42.8 Å². The summed E-state index contributed by atoms with van der Waals surface area (Å²) < 4.78 is 0. The second-order valence-electron chi connectivity index (χ2n) is 12.0. The van der Waals surface area contributed by atoms with Gasteiger partial charge in [-0.05, 0) is 34.4 Å². The van der Waals surface area contributed by atoms with E-state index >= 15 is 0 Å². The fraction of sp³-hybridized carbons (Fsp3) is 0.136. The maximum absolute atomic E-state index is 2.40. The molecule has 0 aromatic heterocycles. The van der Waals surface area contributed by atoms with Crippen molar-refractivity contribution >= 4 is 53.1 Å². The molecule has 48 heavy (non-hydrogen) atoms. The summed E-state index contributed by atoms with van der Waals surface area (Å²) in [5.74, 6) is 4.79. The number of hydrogen-bond acceptors (Lipinski definition) is 0. The SMILES string of the molecule is CCc1[cH-]c2ccccc2c1-c1cccc2ccccc12.CCc1[cH-]c2ccccc2c1-c1cccc2ccccc12.[CH3][Ge]([CH3])=[Hf+2].[Cl-].[Cl-]. The number of rotatable bonds is 4. The van der Waals surface area contributed by atoms with Crippen LogP contribution in [0.15, 0.2) is 146 Å². The van der Waals surface area contributed by atoms with Gasteiger partial charge in [-0.25, -0.2) is 0 Å². The zero-order chi connectivity index (χ0) is 32.0. The zero-order valence-corrected chi connectivity index (χ0v) is 35.2. The van der Waals surface area contributed by atoms with Crippen molar-refractivity contribution in [2.45, 2.75) is 38.2 Å². The van der Waals surface area contributed by atoms with Crippen molar-refractivity contribution in [3.63, 3.8) is 0 Å². The summed E-state index contributed by atoms with van der Waals surface area (Å²) in [4.78, 5) is 0. The molecule has 0 saturated heterocycles. The van der Waals surface area contributed by atoms with Gasteiger partial charge in [0.2, 0.25) is 0 Å². The first kappa shape index (κ1) is 37.9. The molecular weight excluding hydrogens is 850 g/mol. The normalized spacial score (nSPS) is 10.5. The van der Waals surface area contributed by atoms with Gasteiger partial charge in [0, 0.05) is 0 Å². The molecule has 0 nitrogen and oxygen atoms in total. The Bertz CT molecular complexity index is 2120. The molecule has 0 radical (unpaired) electrons. The summed E-state index contributed by atoms with van der Waals surface area (Å²) in [5, 5.41) is 10.7. The van der Waals surface area contributed by atoms with Crippen LogP contribution in [0.3, 0.4) is 0 Å². The van der Waals surface area contributed by atoms with Crippen LogP contribution in [0.2, 0.25) is 11.5 Å². The molecule has 0 unspecified atom stereocenters. The van der Waals surface area contributed by atoms with Crippen molar-refractivity contribution in [1.29, 1.82) is 0 Å². The average Bonchev–Trinajstić information content (AvgIpc) is 3.66. The van der Waals surface area contributed by atoms with E-state index in [0.29, 0.717) is 0 Å². The predicted molar refractivity (Wildman–Crippen MR) is 201 cm³/mol. The first-order chi connectivity index (χ1) is 22.5.